The molecule has 2 aromatic heterocycles. The SMILES string of the molecule is O=C1NCC(c2cc([C@@H]3C[C@H]3c3cccc(OC(F)(F)F)c3)c3nccn3n2)C(=O)N1. The van der Waals surface area contributed by atoms with E-state index in [0.717, 1.165) is 17.5 Å². The molecule has 11 heteroatoms. The first kappa shape index (κ1) is 19.3. The molecule has 1 saturated carbocycles. The third kappa shape index (κ3) is 3.78. The van der Waals surface area contributed by atoms with E-state index < -0.39 is 24.2 Å². The second-order valence-electron chi connectivity index (χ2n) is 7.54. The van der Waals surface area contributed by atoms with E-state index in [1.165, 1.54) is 18.2 Å². The zero-order valence-electron chi connectivity index (χ0n) is 15.9. The van der Waals surface area contributed by atoms with Crippen LogP contribution in [0.2, 0.25) is 0 Å². The van der Waals surface area contributed by atoms with Gasteiger partial charge in [-0.25, -0.2) is 14.3 Å². The van der Waals surface area contributed by atoms with Crippen LogP contribution in [-0.2, 0) is 4.79 Å². The highest BCUT2D eigenvalue weighted by molar-refractivity contribution is 6.00. The molecular formula is C20H16F3N5O3. The summed E-state index contributed by atoms with van der Waals surface area (Å²) >= 11 is 0. The van der Waals surface area contributed by atoms with Gasteiger partial charge in [-0.05, 0) is 42.0 Å². The third-order valence-corrected chi connectivity index (χ3v) is 5.49. The van der Waals surface area contributed by atoms with E-state index in [1.54, 1.807) is 29.0 Å². The number of imidazole rings is 1. The predicted molar refractivity (Wildman–Crippen MR) is 100 cm³/mol. The Morgan fingerprint density at radius 2 is 2.00 bits per heavy atom. The molecule has 31 heavy (non-hydrogen) atoms. The van der Waals surface area contributed by atoms with E-state index in [4.69, 9.17) is 0 Å². The maximum atomic E-state index is 12.5. The Kier molecular flexibility index (Phi) is 4.34. The number of benzene rings is 1. The summed E-state index contributed by atoms with van der Waals surface area (Å²) in [6.45, 7) is 0.127. The smallest absolute Gasteiger partial charge is 0.406 e. The molecule has 0 spiro atoms. The molecule has 1 unspecified atom stereocenters. The van der Waals surface area contributed by atoms with Crippen LogP contribution in [0.5, 0.6) is 5.75 Å². The van der Waals surface area contributed by atoms with Gasteiger partial charge in [-0.2, -0.15) is 5.10 Å². The number of carbonyl (C=O) groups is 2. The van der Waals surface area contributed by atoms with Crippen molar-refractivity contribution in [2.75, 3.05) is 6.54 Å². The zero-order valence-corrected chi connectivity index (χ0v) is 15.9. The summed E-state index contributed by atoms with van der Waals surface area (Å²) < 4.78 is 43.3. The van der Waals surface area contributed by atoms with Crippen LogP contribution in [0, 0.1) is 0 Å². The Morgan fingerprint density at radius 1 is 1.16 bits per heavy atom. The summed E-state index contributed by atoms with van der Waals surface area (Å²) in [7, 11) is 0. The Balaban J connectivity index is 1.45. The van der Waals surface area contributed by atoms with Crippen molar-refractivity contribution in [3.8, 4) is 5.75 Å². The number of fused-ring (bicyclic) bond motifs is 1. The van der Waals surface area contributed by atoms with Crippen LogP contribution >= 0.6 is 0 Å². The van der Waals surface area contributed by atoms with Crippen molar-refractivity contribution in [1.29, 1.82) is 0 Å². The highest BCUT2D eigenvalue weighted by Gasteiger charge is 2.42. The molecule has 1 saturated heterocycles. The minimum absolute atomic E-state index is 0.00702. The molecule has 3 aromatic rings. The number of rotatable bonds is 4. The molecule has 5 rings (SSSR count). The summed E-state index contributed by atoms with van der Waals surface area (Å²) in [5.41, 5.74) is 2.70. The maximum absolute atomic E-state index is 12.5. The number of urea groups is 1. The number of aromatic nitrogens is 3. The molecule has 0 bridgehead atoms. The van der Waals surface area contributed by atoms with Crippen molar-refractivity contribution >= 4 is 17.6 Å². The van der Waals surface area contributed by atoms with Gasteiger partial charge in [-0.3, -0.25) is 10.1 Å². The molecule has 160 valence electrons. The van der Waals surface area contributed by atoms with Crippen molar-refractivity contribution in [3.63, 3.8) is 0 Å². The number of hydrogen-bond acceptors (Lipinski definition) is 5. The Labute approximate surface area is 173 Å². The average molecular weight is 431 g/mol. The fraction of sp³-hybridized carbons (Fsp3) is 0.300. The number of nitrogens with zero attached hydrogens (tertiary/aromatic N) is 3. The van der Waals surface area contributed by atoms with Gasteiger partial charge in [0.2, 0.25) is 5.91 Å². The molecule has 1 aromatic carbocycles. The van der Waals surface area contributed by atoms with E-state index >= 15 is 0 Å². The molecular weight excluding hydrogens is 415 g/mol. The molecule has 8 nitrogen and oxygen atoms in total. The van der Waals surface area contributed by atoms with Gasteiger partial charge in [0.15, 0.2) is 5.65 Å². The fourth-order valence-electron chi connectivity index (χ4n) is 4.02. The molecule has 3 heterocycles. The van der Waals surface area contributed by atoms with Crippen molar-refractivity contribution in [3.05, 3.63) is 59.5 Å². The second-order valence-corrected chi connectivity index (χ2v) is 7.54. The van der Waals surface area contributed by atoms with E-state index in [-0.39, 0.29) is 24.1 Å². The number of hydrogen-bond donors (Lipinski definition) is 2. The van der Waals surface area contributed by atoms with Crippen LogP contribution in [0.3, 0.4) is 0 Å². The van der Waals surface area contributed by atoms with Gasteiger partial charge in [-0.15, -0.1) is 13.2 Å². The van der Waals surface area contributed by atoms with Crippen molar-refractivity contribution < 1.29 is 27.5 Å². The molecule has 2 N–H and O–H groups in total. The second kappa shape index (κ2) is 6.96. The van der Waals surface area contributed by atoms with Gasteiger partial charge in [-0.1, -0.05) is 12.1 Å². The summed E-state index contributed by atoms with van der Waals surface area (Å²) in [5, 5.41) is 9.27. The Hall–Kier alpha value is -3.63. The van der Waals surface area contributed by atoms with Gasteiger partial charge in [0.1, 0.15) is 5.75 Å². The van der Waals surface area contributed by atoms with E-state index in [2.05, 4.69) is 25.5 Å². The Bertz CT molecular complexity index is 1190. The molecule has 3 amide bonds. The van der Waals surface area contributed by atoms with Crippen LogP contribution in [0.15, 0.2) is 42.7 Å². The molecule has 2 fully saturated rings. The quantitative estimate of drug-likeness (QED) is 0.662. The lowest BCUT2D eigenvalue weighted by Gasteiger charge is -2.22. The number of ether oxygens (including phenoxy) is 1. The summed E-state index contributed by atoms with van der Waals surface area (Å²) in [4.78, 5) is 28.0. The highest BCUT2D eigenvalue weighted by atomic mass is 19.4. The average Bonchev–Trinajstić information content (AvgIpc) is 3.35. The van der Waals surface area contributed by atoms with Gasteiger partial charge >= 0.3 is 12.4 Å². The molecule has 0 radical (unpaired) electrons. The number of nitrogens with one attached hydrogen (secondary N) is 2. The minimum Gasteiger partial charge on any atom is -0.406 e. The lowest BCUT2D eigenvalue weighted by Crippen LogP contribution is -2.51. The van der Waals surface area contributed by atoms with Crippen LogP contribution in [0.4, 0.5) is 18.0 Å². The first-order valence-electron chi connectivity index (χ1n) is 9.57. The number of imide groups is 1. The first-order valence-corrected chi connectivity index (χ1v) is 9.57. The third-order valence-electron chi connectivity index (χ3n) is 5.49. The van der Waals surface area contributed by atoms with Gasteiger partial charge < -0.3 is 10.1 Å². The minimum atomic E-state index is -4.75. The lowest BCUT2D eigenvalue weighted by molar-refractivity contribution is -0.274. The van der Waals surface area contributed by atoms with E-state index in [0.29, 0.717) is 11.3 Å². The summed E-state index contributed by atoms with van der Waals surface area (Å²) in [6, 6.07) is 7.21. The summed E-state index contributed by atoms with van der Waals surface area (Å²) in [5.74, 6) is -1.34. The predicted octanol–water partition coefficient (Wildman–Crippen LogP) is 2.82. The number of halogens is 3. The standard InChI is InChI=1S/C20H16F3N5O3/c21-20(22,23)31-11-3-1-2-10(6-11)12-7-13(12)14-8-16(27-28-5-4-24-17(14)28)15-9-25-19(30)26-18(15)29/h1-6,8,12-13,15H,7,9H2,(H2,25,26,29,30)/t12-,13+,15?/m0/s1. The van der Waals surface area contributed by atoms with Crippen LogP contribution in [0.25, 0.3) is 5.65 Å². The van der Waals surface area contributed by atoms with Crippen molar-refractivity contribution in [2.24, 2.45) is 0 Å². The topological polar surface area (TPSA) is 97.6 Å². The number of amides is 3. The van der Waals surface area contributed by atoms with Gasteiger partial charge in [0.25, 0.3) is 0 Å². The molecule has 3 atom stereocenters. The fourth-order valence-corrected chi connectivity index (χ4v) is 4.02. The number of carbonyl (C=O) groups excluding carboxylic acids is 2. The van der Waals surface area contributed by atoms with Gasteiger partial charge in [0.05, 0.1) is 11.6 Å². The molecule has 2 aliphatic rings. The van der Waals surface area contributed by atoms with Crippen molar-refractivity contribution in [1.82, 2.24) is 25.2 Å². The van der Waals surface area contributed by atoms with Gasteiger partial charge in [0, 0.05) is 24.5 Å². The van der Waals surface area contributed by atoms with Crippen LogP contribution in [-0.4, -0.2) is 39.4 Å². The molecule has 1 aliphatic carbocycles. The maximum Gasteiger partial charge on any atom is 0.573 e. The van der Waals surface area contributed by atoms with Crippen LogP contribution < -0.4 is 15.4 Å². The summed E-state index contributed by atoms with van der Waals surface area (Å²) in [6.07, 6.45) is -0.779. The highest BCUT2D eigenvalue weighted by Crippen LogP contribution is 2.56. The largest absolute Gasteiger partial charge is 0.573 e. The normalized spacial score (nSPS) is 23.4. The number of alkyl halides is 3. The Morgan fingerprint density at radius 3 is 2.77 bits per heavy atom. The molecule has 1 aliphatic heterocycles. The van der Waals surface area contributed by atoms with E-state index in [9.17, 15) is 22.8 Å². The van der Waals surface area contributed by atoms with Crippen molar-refractivity contribution in [2.45, 2.75) is 30.5 Å². The van der Waals surface area contributed by atoms with E-state index in [1.807, 2.05) is 0 Å². The van der Waals surface area contributed by atoms with Crippen LogP contribution in [0.1, 0.15) is 41.0 Å². The monoisotopic (exact) mass is 431 g/mol. The lowest BCUT2D eigenvalue weighted by atomic mass is 9.99. The zero-order chi connectivity index (χ0) is 21.8. The first-order chi connectivity index (χ1) is 14.8.